The molecule has 3 nitrogen and oxygen atoms in total. The average molecular weight is 226 g/mol. The van der Waals surface area contributed by atoms with Crippen LogP contribution >= 0.6 is 15.9 Å². The van der Waals surface area contributed by atoms with Crippen molar-refractivity contribution in [2.45, 2.75) is 6.92 Å². The molecule has 2 N–H and O–H groups in total. The monoisotopic (exact) mass is 225 g/mol. The second-order valence-electron chi connectivity index (χ2n) is 2.72. The number of aromatic nitrogens is 2. The van der Waals surface area contributed by atoms with Crippen molar-refractivity contribution in [1.82, 2.24) is 9.38 Å². The summed E-state index contributed by atoms with van der Waals surface area (Å²) in [5, 5.41) is 0. The lowest BCUT2D eigenvalue weighted by atomic mass is 10.3. The minimum atomic E-state index is 0.658. The molecule has 0 atom stereocenters. The Hall–Kier alpha value is -1.03. The van der Waals surface area contributed by atoms with E-state index in [0.29, 0.717) is 5.82 Å². The number of nitrogens with zero attached hydrogens (tertiary/aromatic N) is 2. The Labute approximate surface area is 78.3 Å². The molecule has 0 saturated carbocycles. The van der Waals surface area contributed by atoms with Crippen molar-refractivity contribution in [2.75, 3.05) is 5.73 Å². The standard InChI is InChI=1S/C8H8BrN3/c1-5-2-8-11-3-7(10)12(8)4-6(5)9/h2-4H,10H2,1H3. The van der Waals surface area contributed by atoms with Crippen LogP contribution in [0.1, 0.15) is 5.56 Å². The van der Waals surface area contributed by atoms with Crippen LogP contribution in [0.25, 0.3) is 5.65 Å². The summed E-state index contributed by atoms with van der Waals surface area (Å²) in [5.74, 6) is 0.658. The van der Waals surface area contributed by atoms with E-state index in [0.717, 1.165) is 15.7 Å². The molecule has 0 bridgehead atoms. The van der Waals surface area contributed by atoms with Gasteiger partial charge in [0, 0.05) is 10.7 Å². The van der Waals surface area contributed by atoms with Gasteiger partial charge in [0.25, 0.3) is 0 Å². The molecular formula is C8H8BrN3. The second-order valence-corrected chi connectivity index (χ2v) is 3.57. The van der Waals surface area contributed by atoms with Gasteiger partial charge in [-0.3, -0.25) is 4.40 Å². The van der Waals surface area contributed by atoms with Gasteiger partial charge in [-0.25, -0.2) is 4.98 Å². The van der Waals surface area contributed by atoms with Gasteiger partial charge in [0.2, 0.25) is 0 Å². The second kappa shape index (κ2) is 2.48. The maximum atomic E-state index is 5.67. The van der Waals surface area contributed by atoms with Crippen LogP contribution in [0.2, 0.25) is 0 Å². The van der Waals surface area contributed by atoms with E-state index in [-0.39, 0.29) is 0 Å². The minimum Gasteiger partial charge on any atom is -0.383 e. The zero-order valence-electron chi connectivity index (χ0n) is 6.58. The number of nitrogens with two attached hydrogens (primary N) is 1. The molecule has 4 heteroatoms. The van der Waals surface area contributed by atoms with E-state index in [1.807, 2.05) is 23.6 Å². The highest BCUT2D eigenvalue weighted by Gasteiger charge is 2.01. The minimum absolute atomic E-state index is 0.658. The van der Waals surface area contributed by atoms with Crippen molar-refractivity contribution in [3.63, 3.8) is 0 Å². The molecule has 0 radical (unpaired) electrons. The fourth-order valence-electron chi connectivity index (χ4n) is 1.11. The molecule has 0 saturated heterocycles. The highest BCUT2D eigenvalue weighted by atomic mass is 79.9. The molecule has 2 heterocycles. The third-order valence-electron chi connectivity index (χ3n) is 1.82. The first-order chi connectivity index (χ1) is 5.68. The molecule has 2 aromatic heterocycles. The highest BCUT2D eigenvalue weighted by molar-refractivity contribution is 9.10. The fraction of sp³-hybridized carbons (Fsp3) is 0.125. The number of nitrogen functional groups attached to an aromatic ring is 1. The van der Waals surface area contributed by atoms with Crippen LogP contribution in [-0.4, -0.2) is 9.38 Å². The lowest BCUT2D eigenvalue weighted by Gasteiger charge is -2.00. The number of halogens is 1. The molecule has 12 heavy (non-hydrogen) atoms. The molecule has 0 aliphatic heterocycles. The van der Waals surface area contributed by atoms with E-state index in [4.69, 9.17) is 5.73 Å². The SMILES string of the molecule is Cc1cc2ncc(N)n2cc1Br. The molecule has 0 aromatic carbocycles. The summed E-state index contributed by atoms with van der Waals surface area (Å²) in [4.78, 5) is 4.14. The van der Waals surface area contributed by atoms with E-state index in [9.17, 15) is 0 Å². The summed E-state index contributed by atoms with van der Waals surface area (Å²) in [6.45, 7) is 2.02. The number of fused-ring (bicyclic) bond motifs is 1. The van der Waals surface area contributed by atoms with Crippen LogP contribution in [0.3, 0.4) is 0 Å². The molecular weight excluding hydrogens is 218 g/mol. The van der Waals surface area contributed by atoms with Gasteiger partial charge in [-0.2, -0.15) is 0 Å². The molecule has 0 spiro atoms. The molecule has 62 valence electrons. The topological polar surface area (TPSA) is 43.3 Å². The third-order valence-corrected chi connectivity index (χ3v) is 2.65. The Kier molecular flexibility index (Phi) is 1.58. The maximum absolute atomic E-state index is 5.67. The van der Waals surface area contributed by atoms with Crippen LogP contribution in [0.15, 0.2) is 22.9 Å². The number of imidazole rings is 1. The van der Waals surface area contributed by atoms with Crippen molar-refractivity contribution >= 4 is 27.4 Å². The third kappa shape index (κ3) is 0.992. The van der Waals surface area contributed by atoms with Gasteiger partial charge < -0.3 is 5.73 Å². The van der Waals surface area contributed by atoms with Gasteiger partial charge in [-0.05, 0) is 34.5 Å². The first kappa shape index (κ1) is 7.61. The molecule has 2 rings (SSSR count). The maximum Gasteiger partial charge on any atom is 0.138 e. The van der Waals surface area contributed by atoms with Crippen LogP contribution in [0.5, 0.6) is 0 Å². The molecule has 0 amide bonds. The number of hydrogen-bond acceptors (Lipinski definition) is 2. The van der Waals surface area contributed by atoms with E-state index in [2.05, 4.69) is 20.9 Å². The van der Waals surface area contributed by atoms with E-state index < -0.39 is 0 Å². The lowest BCUT2D eigenvalue weighted by Crippen LogP contribution is -1.92. The summed E-state index contributed by atoms with van der Waals surface area (Å²) >= 11 is 3.43. The zero-order chi connectivity index (χ0) is 8.72. The first-order valence-electron chi connectivity index (χ1n) is 3.57. The van der Waals surface area contributed by atoms with Gasteiger partial charge in [-0.15, -0.1) is 0 Å². The van der Waals surface area contributed by atoms with Gasteiger partial charge in [-0.1, -0.05) is 0 Å². The normalized spacial score (nSPS) is 10.8. The van der Waals surface area contributed by atoms with Gasteiger partial charge in [0.1, 0.15) is 11.5 Å². The van der Waals surface area contributed by atoms with Gasteiger partial charge in [0.05, 0.1) is 6.20 Å². The zero-order valence-corrected chi connectivity index (χ0v) is 8.17. The quantitative estimate of drug-likeness (QED) is 0.746. The van der Waals surface area contributed by atoms with Crippen LogP contribution in [0.4, 0.5) is 5.82 Å². The summed E-state index contributed by atoms with van der Waals surface area (Å²) < 4.78 is 2.89. The Morgan fingerprint density at radius 1 is 1.58 bits per heavy atom. The van der Waals surface area contributed by atoms with Crippen LogP contribution < -0.4 is 5.73 Å². The van der Waals surface area contributed by atoms with Crippen molar-refractivity contribution in [2.24, 2.45) is 0 Å². The molecule has 2 aromatic rings. The average Bonchev–Trinajstić information content (AvgIpc) is 2.35. The highest BCUT2D eigenvalue weighted by Crippen LogP contribution is 2.19. The predicted molar refractivity (Wildman–Crippen MR) is 52.0 cm³/mol. The van der Waals surface area contributed by atoms with Crippen molar-refractivity contribution < 1.29 is 0 Å². The molecule has 0 fully saturated rings. The summed E-state index contributed by atoms with van der Waals surface area (Å²) in [6.07, 6.45) is 3.58. The van der Waals surface area contributed by atoms with Crippen LogP contribution in [-0.2, 0) is 0 Å². The molecule has 0 aliphatic carbocycles. The Morgan fingerprint density at radius 2 is 2.33 bits per heavy atom. The Morgan fingerprint density at radius 3 is 3.08 bits per heavy atom. The summed E-state index contributed by atoms with van der Waals surface area (Å²) in [5.41, 5.74) is 7.72. The molecule has 0 aliphatic rings. The number of aryl methyl sites for hydroxylation is 1. The number of rotatable bonds is 0. The number of hydrogen-bond donors (Lipinski definition) is 1. The van der Waals surface area contributed by atoms with Crippen LogP contribution in [0, 0.1) is 6.92 Å². The fourth-order valence-corrected chi connectivity index (χ4v) is 1.43. The van der Waals surface area contributed by atoms with E-state index in [1.165, 1.54) is 0 Å². The largest absolute Gasteiger partial charge is 0.383 e. The lowest BCUT2D eigenvalue weighted by molar-refractivity contribution is 1.16. The van der Waals surface area contributed by atoms with Crippen molar-refractivity contribution in [1.29, 1.82) is 0 Å². The predicted octanol–water partition coefficient (Wildman–Crippen LogP) is 1.99. The van der Waals surface area contributed by atoms with E-state index >= 15 is 0 Å². The Bertz CT molecular complexity index is 433. The number of pyridine rings is 1. The summed E-state index contributed by atoms with van der Waals surface area (Å²) in [7, 11) is 0. The summed E-state index contributed by atoms with van der Waals surface area (Å²) in [6, 6.07) is 1.99. The van der Waals surface area contributed by atoms with E-state index in [1.54, 1.807) is 6.20 Å². The Balaban J connectivity index is 2.87. The first-order valence-corrected chi connectivity index (χ1v) is 4.36. The van der Waals surface area contributed by atoms with Crippen molar-refractivity contribution in [3.05, 3.63) is 28.5 Å². The van der Waals surface area contributed by atoms with Gasteiger partial charge in [0.15, 0.2) is 0 Å². The molecule has 0 unspecified atom stereocenters. The van der Waals surface area contributed by atoms with Gasteiger partial charge >= 0.3 is 0 Å². The van der Waals surface area contributed by atoms with Crippen molar-refractivity contribution in [3.8, 4) is 0 Å². The smallest absolute Gasteiger partial charge is 0.138 e. The number of anilines is 1.